The number of methoxy groups -OCH3 is 1. The van der Waals surface area contributed by atoms with Gasteiger partial charge in [0.05, 0.1) is 12.0 Å². The zero-order valence-electron chi connectivity index (χ0n) is 10.1. The lowest BCUT2D eigenvalue weighted by atomic mass is 10.2. The van der Waals surface area contributed by atoms with Crippen molar-refractivity contribution >= 4 is 17.3 Å². The van der Waals surface area contributed by atoms with Crippen molar-refractivity contribution in [2.75, 3.05) is 12.4 Å². The first-order valence-electron chi connectivity index (χ1n) is 5.24. The Kier molecular flexibility index (Phi) is 4.71. The van der Waals surface area contributed by atoms with Crippen molar-refractivity contribution in [2.45, 2.75) is 12.5 Å². The molecule has 0 fully saturated rings. The summed E-state index contributed by atoms with van der Waals surface area (Å²) in [6, 6.07) is 2.90. The summed E-state index contributed by atoms with van der Waals surface area (Å²) in [4.78, 5) is 21.2. The molecule has 0 saturated carbocycles. The van der Waals surface area contributed by atoms with Crippen LogP contribution >= 0.6 is 0 Å². The quantitative estimate of drug-likeness (QED) is 0.458. The molecule has 2 N–H and O–H groups in total. The fourth-order valence-electron chi connectivity index (χ4n) is 1.42. The van der Waals surface area contributed by atoms with Gasteiger partial charge in [-0.25, -0.2) is 4.79 Å². The zero-order chi connectivity index (χ0) is 14.4. The Morgan fingerprint density at radius 1 is 1.68 bits per heavy atom. The van der Waals surface area contributed by atoms with E-state index in [-0.39, 0.29) is 17.8 Å². The fraction of sp³-hybridized carbons (Fsp3) is 0.250. The van der Waals surface area contributed by atoms with Crippen molar-refractivity contribution < 1.29 is 19.6 Å². The normalized spacial score (nSPS) is 11.2. The van der Waals surface area contributed by atoms with Crippen molar-refractivity contribution in [1.82, 2.24) is 0 Å². The number of nitro benzene ring substituents is 1. The van der Waals surface area contributed by atoms with Crippen LogP contribution in [0.25, 0.3) is 0 Å². The molecule has 1 aromatic rings. The molecule has 7 nitrogen and oxygen atoms in total. The Morgan fingerprint density at radius 3 is 2.84 bits per heavy atom. The summed E-state index contributed by atoms with van der Waals surface area (Å²) in [7, 11) is 1.40. The lowest BCUT2D eigenvalue weighted by Gasteiger charge is -2.14. The molecule has 0 aliphatic rings. The Morgan fingerprint density at radius 2 is 2.37 bits per heavy atom. The number of anilines is 1. The van der Waals surface area contributed by atoms with E-state index in [1.807, 2.05) is 0 Å². The van der Waals surface area contributed by atoms with Crippen LogP contribution in [0.3, 0.4) is 0 Å². The summed E-state index contributed by atoms with van der Waals surface area (Å²) >= 11 is 0. The van der Waals surface area contributed by atoms with Crippen LogP contribution in [0, 0.1) is 22.5 Å². The van der Waals surface area contributed by atoms with E-state index in [1.54, 1.807) is 0 Å². The SMILES string of the molecule is C#CCC(Nc1cc(OC)ccc1[N+](=O)[O-])C(=O)O. The smallest absolute Gasteiger partial charge is 0.327 e. The van der Waals surface area contributed by atoms with E-state index in [0.717, 1.165) is 0 Å². The zero-order valence-corrected chi connectivity index (χ0v) is 10.1. The van der Waals surface area contributed by atoms with E-state index in [0.29, 0.717) is 5.75 Å². The first-order valence-corrected chi connectivity index (χ1v) is 5.24. The number of nitro groups is 1. The van der Waals surface area contributed by atoms with Crippen molar-refractivity contribution in [3.05, 3.63) is 28.3 Å². The number of terminal acetylenes is 1. The molecule has 19 heavy (non-hydrogen) atoms. The number of hydrogen-bond acceptors (Lipinski definition) is 5. The second-order valence-electron chi connectivity index (χ2n) is 3.58. The van der Waals surface area contributed by atoms with Crippen LogP contribution in [-0.2, 0) is 4.79 Å². The van der Waals surface area contributed by atoms with E-state index in [9.17, 15) is 14.9 Å². The van der Waals surface area contributed by atoms with Gasteiger partial charge in [0, 0.05) is 18.6 Å². The molecule has 0 saturated heterocycles. The maximum Gasteiger partial charge on any atom is 0.327 e. The standard InChI is InChI=1S/C12H12N2O5/c1-3-4-9(12(15)16)13-10-7-8(19-2)5-6-11(10)14(17)18/h1,5-7,9,13H,4H2,2H3,(H,15,16). The Hall–Kier alpha value is -2.75. The van der Waals surface area contributed by atoms with Gasteiger partial charge in [-0.05, 0) is 6.07 Å². The molecule has 0 radical (unpaired) electrons. The topological polar surface area (TPSA) is 102 Å². The molecule has 1 rings (SSSR count). The third-order valence-electron chi connectivity index (χ3n) is 2.35. The van der Waals surface area contributed by atoms with Crippen LogP contribution in [0.15, 0.2) is 18.2 Å². The van der Waals surface area contributed by atoms with E-state index < -0.39 is 16.9 Å². The lowest BCUT2D eigenvalue weighted by molar-refractivity contribution is -0.384. The van der Waals surface area contributed by atoms with Crippen molar-refractivity contribution in [3.8, 4) is 18.1 Å². The van der Waals surface area contributed by atoms with Crippen LogP contribution in [0.2, 0.25) is 0 Å². The molecular formula is C12H12N2O5. The number of nitrogens with zero attached hydrogens (tertiary/aromatic N) is 1. The largest absolute Gasteiger partial charge is 0.497 e. The molecule has 1 unspecified atom stereocenters. The number of carboxylic acid groups (broad SMARTS) is 1. The number of rotatable bonds is 6. The average Bonchev–Trinajstić information content (AvgIpc) is 2.37. The van der Waals surface area contributed by atoms with Gasteiger partial charge in [-0.1, -0.05) is 0 Å². The Labute approximate surface area is 109 Å². The molecule has 0 aromatic heterocycles. The first kappa shape index (κ1) is 14.3. The number of hydrogen-bond donors (Lipinski definition) is 2. The molecular weight excluding hydrogens is 252 g/mol. The minimum atomic E-state index is -1.19. The maximum absolute atomic E-state index is 11.0. The summed E-state index contributed by atoms with van der Waals surface area (Å²) in [5.74, 6) is 1.39. The van der Waals surface area contributed by atoms with Crippen LogP contribution in [0.4, 0.5) is 11.4 Å². The second-order valence-corrected chi connectivity index (χ2v) is 3.58. The summed E-state index contributed by atoms with van der Waals surface area (Å²) in [5.41, 5.74) is -0.198. The predicted molar refractivity (Wildman–Crippen MR) is 68.1 cm³/mol. The lowest BCUT2D eigenvalue weighted by Crippen LogP contribution is -2.29. The minimum Gasteiger partial charge on any atom is -0.497 e. The third-order valence-corrected chi connectivity index (χ3v) is 2.35. The Bertz CT molecular complexity index is 535. The number of ether oxygens (including phenoxy) is 1. The van der Waals surface area contributed by atoms with E-state index in [1.165, 1.54) is 25.3 Å². The highest BCUT2D eigenvalue weighted by atomic mass is 16.6. The molecule has 100 valence electrons. The van der Waals surface area contributed by atoms with E-state index in [2.05, 4.69) is 11.2 Å². The van der Waals surface area contributed by atoms with Gasteiger partial charge < -0.3 is 15.2 Å². The predicted octanol–water partition coefficient (Wildman–Crippen LogP) is 1.49. The number of aliphatic carboxylic acids is 1. The number of carboxylic acids is 1. The summed E-state index contributed by atoms with van der Waals surface area (Å²) in [6.07, 6.45) is 4.97. The highest BCUT2D eigenvalue weighted by Gasteiger charge is 2.21. The molecule has 0 heterocycles. The highest BCUT2D eigenvalue weighted by molar-refractivity contribution is 5.79. The summed E-state index contributed by atoms with van der Waals surface area (Å²) in [6.45, 7) is 0. The molecule has 0 bridgehead atoms. The third kappa shape index (κ3) is 3.61. The van der Waals surface area contributed by atoms with Gasteiger partial charge >= 0.3 is 5.97 Å². The highest BCUT2D eigenvalue weighted by Crippen LogP contribution is 2.29. The fourth-order valence-corrected chi connectivity index (χ4v) is 1.42. The summed E-state index contributed by atoms with van der Waals surface area (Å²) in [5, 5.41) is 22.4. The number of benzene rings is 1. The van der Waals surface area contributed by atoms with Crippen LogP contribution in [0.5, 0.6) is 5.75 Å². The van der Waals surface area contributed by atoms with Crippen LogP contribution in [0.1, 0.15) is 6.42 Å². The van der Waals surface area contributed by atoms with Crippen molar-refractivity contribution in [1.29, 1.82) is 0 Å². The van der Waals surface area contributed by atoms with Gasteiger partial charge in [0.25, 0.3) is 5.69 Å². The molecule has 0 spiro atoms. The van der Waals surface area contributed by atoms with Gasteiger partial charge in [-0.2, -0.15) is 0 Å². The maximum atomic E-state index is 11.0. The monoisotopic (exact) mass is 264 g/mol. The van der Waals surface area contributed by atoms with Gasteiger partial charge in [0.1, 0.15) is 17.5 Å². The van der Waals surface area contributed by atoms with Crippen molar-refractivity contribution in [2.24, 2.45) is 0 Å². The van der Waals surface area contributed by atoms with E-state index in [4.69, 9.17) is 16.3 Å². The first-order chi connectivity index (χ1) is 8.99. The Balaban J connectivity index is 3.12. The number of carbonyl (C=O) groups is 1. The van der Waals surface area contributed by atoms with Gasteiger partial charge in [0.15, 0.2) is 0 Å². The van der Waals surface area contributed by atoms with Gasteiger partial charge in [-0.3, -0.25) is 10.1 Å². The average molecular weight is 264 g/mol. The molecule has 0 amide bonds. The minimum absolute atomic E-state index is 0.0481. The van der Waals surface area contributed by atoms with E-state index >= 15 is 0 Å². The number of nitrogens with one attached hydrogen (secondary N) is 1. The van der Waals surface area contributed by atoms with Crippen LogP contribution in [-0.4, -0.2) is 29.2 Å². The van der Waals surface area contributed by atoms with Crippen LogP contribution < -0.4 is 10.1 Å². The van der Waals surface area contributed by atoms with Crippen molar-refractivity contribution in [3.63, 3.8) is 0 Å². The molecule has 1 atom stereocenters. The molecule has 7 heteroatoms. The summed E-state index contributed by atoms with van der Waals surface area (Å²) < 4.78 is 4.94. The molecule has 0 aliphatic heterocycles. The van der Waals surface area contributed by atoms with Gasteiger partial charge in [-0.15, -0.1) is 12.3 Å². The second kappa shape index (κ2) is 6.26. The molecule has 0 aliphatic carbocycles. The molecule has 1 aromatic carbocycles. The van der Waals surface area contributed by atoms with Gasteiger partial charge in [0.2, 0.25) is 0 Å².